The highest BCUT2D eigenvalue weighted by Gasteiger charge is 2.09. The zero-order valence-electron chi connectivity index (χ0n) is 10.4. The minimum absolute atomic E-state index is 0.324. The van der Waals surface area contributed by atoms with Crippen molar-refractivity contribution in [2.75, 3.05) is 11.9 Å². The van der Waals surface area contributed by atoms with Crippen molar-refractivity contribution in [2.45, 2.75) is 6.54 Å². The maximum atomic E-state index is 13.1. The standard InChI is InChI=1S/C15H12ClFN2/c1-19(10-11-3-2-4-13(16)7-11)15-6-5-14(17)8-12(15)9-18/h2-8H,10H2,1H3. The second-order valence-corrected chi connectivity index (χ2v) is 4.70. The first-order chi connectivity index (χ1) is 9.10. The first kappa shape index (κ1) is 13.4. The molecule has 2 aromatic rings. The molecule has 2 nitrogen and oxygen atoms in total. The normalized spacial score (nSPS) is 10.0. The summed E-state index contributed by atoms with van der Waals surface area (Å²) in [6.45, 7) is 0.598. The molecule has 0 bridgehead atoms. The minimum Gasteiger partial charge on any atom is -0.369 e. The van der Waals surface area contributed by atoms with Gasteiger partial charge in [-0.3, -0.25) is 0 Å². The summed E-state index contributed by atoms with van der Waals surface area (Å²) in [7, 11) is 1.86. The molecule has 0 aliphatic rings. The van der Waals surface area contributed by atoms with Crippen LogP contribution in [0.25, 0.3) is 0 Å². The number of hydrogen-bond donors (Lipinski definition) is 0. The molecule has 0 aromatic heterocycles. The summed E-state index contributed by atoms with van der Waals surface area (Å²) in [5, 5.41) is 9.71. The van der Waals surface area contributed by atoms with Crippen molar-refractivity contribution in [1.29, 1.82) is 5.26 Å². The molecule has 0 saturated heterocycles. The molecule has 0 saturated carbocycles. The molecule has 2 rings (SSSR count). The van der Waals surface area contributed by atoms with Gasteiger partial charge in [0.2, 0.25) is 0 Å². The number of hydrogen-bond acceptors (Lipinski definition) is 2. The molecule has 0 fully saturated rings. The predicted molar refractivity (Wildman–Crippen MR) is 74.7 cm³/mol. The van der Waals surface area contributed by atoms with Crippen LogP contribution in [0.2, 0.25) is 5.02 Å². The Labute approximate surface area is 116 Å². The molecule has 0 radical (unpaired) electrons. The van der Waals surface area contributed by atoms with Crippen LogP contribution < -0.4 is 4.90 Å². The van der Waals surface area contributed by atoms with Gasteiger partial charge < -0.3 is 4.90 Å². The molecule has 0 aliphatic carbocycles. The van der Waals surface area contributed by atoms with E-state index in [0.29, 0.717) is 22.8 Å². The van der Waals surface area contributed by atoms with Crippen LogP contribution in [0, 0.1) is 17.1 Å². The number of nitrogens with zero attached hydrogens (tertiary/aromatic N) is 2. The molecule has 2 aromatic carbocycles. The number of rotatable bonds is 3. The molecule has 0 atom stereocenters. The Bertz CT molecular complexity index is 634. The average Bonchev–Trinajstić information content (AvgIpc) is 2.38. The molecule has 0 amide bonds. The van der Waals surface area contributed by atoms with Crippen LogP contribution in [-0.4, -0.2) is 7.05 Å². The number of benzene rings is 2. The van der Waals surface area contributed by atoms with E-state index in [0.717, 1.165) is 5.56 Å². The van der Waals surface area contributed by atoms with Gasteiger partial charge in [-0.2, -0.15) is 5.26 Å². The Morgan fingerprint density at radius 3 is 2.74 bits per heavy atom. The van der Waals surface area contributed by atoms with Crippen molar-refractivity contribution in [2.24, 2.45) is 0 Å². The van der Waals surface area contributed by atoms with E-state index in [2.05, 4.69) is 0 Å². The molecule has 4 heteroatoms. The summed E-state index contributed by atoms with van der Waals surface area (Å²) in [4.78, 5) is 1.89. The van der Waals surface area contributed by atoms with Crippen LogP contribution in [-0.2, 0) is 6.54 Å². The Balaban J connectivity index is 2.25. The van der Waals surface area contributed by atoms with Crippen LogP contribution in [0.3, 0.4) is 0 Å². The van der Waals surface area contributed by atoms with Crippen molar-refractivity contribution in [1.82, 2.24) is 0 Å². The molecule has 96 valence electrons. The predicted octanol–water partition coefficient (Wildman–Crippen LogP) is 3.99. The fourth-order valence-corrected chi connectivity index (χ4v) is 2.14. The van der Waals surface area contributed by atoms with Crippen molar-refractivity contribution >= 4 is 17.3 Å². The molecule has 0 N–H and O–H groups in total. The summed E-state index contributed by atoms with van der Waals surface area (Å²) in [5.74, 6) is -0.406. The molecule has 0 unspecified atom stereocenters. The third kappa shape index (κ3) is 3.24. The third-order valence-electron chi connectivity index (χ3n) is 2.80. The van der Waals surface area contributed by atoms with Crippen molar-refractivity contribution in [3.63, 3.8) is 0 Å². The summed E-state index contributed by atoms with van der Waals surface area (Å²) in [6.07, 6.45) is 0. The van der Waals surface area contributed by atoms with Gasteiger partial charge in [-0.1, -0.05) is 23.7 Å². The number of halogens is 2. The fourth-order valence-electron chi connectivity index (χ4n) is 1.93. The lowest BCUT2D eigenvalue weighted by molar-refractivity contribution is 0.627. The maximum Gasteiger partial charge on any atom is 0.124 e. The van der Waals surface area contributed by atoms with Gasteiger partial charge in [0.25, 0.3) is 0 Å². The third-order valence-corrected chi connectivity index (χ3v) is 3.03. The maximum absolute atomic E-state index is 13.1. The zero-order valence-corrected chi connectivity index (χ0v) is 11.2. The fraction of sp³-hybridized carbons (Fsp3) is 0.133. The minimum atomic E-state index is -0.406. The molecular weight excluding hydrogens is 263 g/mol. The Morgan fingerprint density at radius 2 is 2.05 bits per heavy atom. The molecule has 19 heavy (non-hydrogen) atoms. The highest BCUT2D eigenvalue weighted by atomic mass is 35.5. The van der Waals surface area contributed by atoms with E-state index in [9.17, 15) is 4.39 Å². The highest BCUT2D eigenvalue weighted by molar-refractivity contribution is 6.30. The van der Waals surface area contributed by atoms with E-state index in [-0.39, 0.29) is 0 Å². The summed E-state index contributed by atoms with van der Waals surface area (Å²) >= 11 is 5.93. The van der Waals surface area contributed by atoms with E-state index in [1.54, 1.807) is 6.07 Å². The Morgan fingerprint density at radius 1 is 1.26 bits per heavy atom. The van der Waals surface area contributed by atoms with Crippen molar-refractivity contribution in [3.05, 3.63) is 64.4 Å². The lowest BCUT2D eigenvalue weighted by atomic mass is 10.1. The van der Waals surface area contributed by atoms with E-state index < -0.39 is 5.82 Å². The average molecular weight is 275 g/mol. The second-order valence-electron chi connectivity index (χ2n) is 4.26. The van der Waals surface area contributed by atoms with Gasteiger partial charge in [-0.15, -0.1) is 0 Å². The van der Waals surface area contributed by atoms with Crippen molar-refractivity contribution in [3.8, 4) is 6.07 Å². The van der Waals surface area contributed by atoms with Crippen LogP contribution in [0.4, 0.5) is 10.1 Å². The van der Waals surface area contributed by atoms with Gasteiger partial charge in [0.15, 0.2) is 0 Å². The largest absolute Gasteiger partial charge is 0.369 e. The van der Waals surface area contributed by atoms with Gasteiger partial charge in [0.05, 0.1) is 11.3 Å². The lowest BCUT2D eigenvalue weighted by Crippen LogP contribution is -2.17. The summed E-state index contributed by atoms with van der Waals surface area (Å²) in [6, 6.07) is 13.7. The molecular formula is C15H12ClFN2. The SMILES string of the molecule is CN(Cc1cccc(Cl)c1)c1ccc(F)cc1C#N. The topological polar surface area (TPSA) is 27.0 Å². The second kappa shape index (κ2) is 5.73. The van der Waals surface area contributed by atoms with Crippen LogP contribution >= 0.6 is 11.6 Å². The lowest BCUT2D eigenvalue weighted by Gasteiger charge is -2.20. The van der Waals surface area contributed by atoms with E-state index >= 15 is 0 Å². The van der Waals surface area contributed by atoms with Gasteiger partial charge in [-0.25, -0.2) is 4.39 Å². The van der Waals surface area contributed by atoms with E-state index in [1.807, 2.05) is 42.3 Å². The zero-order chi connectivity index (χ0) is 13.8. The molecule has 0 heterocycles. The van der Waals surface area contributed by atoms with Crippen LogP contribution in [0.1, 0.15) is 11.1 Å². The van der Waals surface area contributed by atoms with E-state index in [4.69, 9.17) is 16.9 Å². The quantitative estimate of drug-likeness (QED) is 0.846. The first-order valence-corrected chi connectivity index (χ1v) is 6.13. The number of nitriles is 1. The van der Waals surface area contributed by atoms with Gasteiger partial charge in [0.1, 0.15) is 11.9 Å². The van der Waals surface area contributed by atoms with Crippen LogP contribution in [0.15, 0.2) is 42.5 Å². The van der Waals surface area contributed by atoms with Gasteiger partial charge in [-0.05, 0) is 35.9 Å². The Hall–Kier alpha value is -2.05. The summed E-state index contributed by atoms with van der Waals surface area (Å²) in [5.41, 5.74) is 2.05. The monoisotopic (exact) mass is 274 g/mol. The van der Waals surface area contributed by atoms with Crippen LogP contribution in [0.5, 0.6) is 0 Å². The van der Waals surface area contributed by atoms with Gasteiger partial charge in [0, 0.05) is 18.6 Å². The van der Waals surface area contributed by atoms with E-state index in [1.165, 1.54) is 12.1 Å². The first-order valence-electron chi connectivity index (χ1n) is 5.75. The number of anilines is 1. The highest BCUT2D eigenvalue weighted by Crippen LogP contribution is 2.22. The molecule has 0 spiro atoms. The Kier molecular flexibility index (Phi) is 4.03. The van der Waals surface area contributed by atoms with Crippen molar-refractivity contribution < 1.29 is 4.39 Å². The smallest absolute Gasteiger partial charge is 0.124 e. The summed E-state index contributed by atoms with van der Waals surface area (Å²) < 4.78 is 13.1. The molecule has 0 aliphatic heterocycles. The van der Waals surface area contributed by atoms with Gasteiger partial charge >= 0.3 is 0 Å².